The monoisotopic (exact) mass is 351 g/mol. The largest absolute Gasteiger partial charge is 0.480 e. The predicted molar refractivity (Wildman–Crippen MR) is 92.7 cm³/mol. The number of hydrogen-bond acceptors (Lipinski definition) is 5. The maximum Gasteiger partial charge on any atom is 0.323 e. The van der Waals surface area contributed by atoms with E-state index in [9.17, 15) is 9.59 Å². The van der Waals surface area contributed by atoms with E-state index < -0.39 is 18.4 Å². The van der Waals surface area contributed by atoms with Crippen LogP contribution in [0, 0.1) is 6.92 Å². The Morgan fingerprint density at radius 3 is 2.46 bits per heavy atom. The molecule has 2 aromatic heterocycles. The minimum atomic E-state index is -1.11. The average Bonchev–Trinajstić information content (AvgIpc) is 3.03. The van der Waals surface area contributed by atoms with Gasteiger partial charge >= 0.3 is 5.97 Å². The van der Waals surface area contributed by atoms with Gasteiger partial charge in [-0.1, -0.05) is 24.3 Å². The third-order valence-corrected chi connectivity index (χ3v) is 3.66. The Kier molecular flexibility index (Phi) is 5.02. The number of aliphatic carboxylic acids is 1. The number of aryl methyl sites for hydroxylation is 1. The molecule has 0 bridgehead atoms. The maximum atomic E-state index is 12.9. The molecule has 26 heavy (non-hydrogen) atoms. The van der Waals surface area contributed by atoms with Crippen LogP contribution in [0.2, 0.25) is 0 Å². The highest BCUT2D eigenvalue weighted by molar-refractivity contribution is 5.94. The highest BCUT2D eigenvalue weighted by atomic mass is 16.4. The van der Waals surface area contributed by atoms with E-state index >= 15 is 0 Å². The van der Waals surface area contributed by atoms with Crippen molar-refractivity contribution in [1.82, 2.24) is 24.9 Å². The molecule has 0 aliphatic heterocycles. The number of nitrogens with zero attached hydrogens (tertiary/aromatic N) is 5. The first-order valence-electron chi connectivity index (χ1n) is 7.95. The van der Waals surface area contributed by atoms with Crippen LogP contribution in [-0.2, 0) is 11.3 Å². The molecule has 3 rings (SSSR count). The second kappa shape index (κ2) is 7.56. The summed E-state index contributed by atoms with van der Waals surface area (Å²) in [6.45, 7) is 1.29. The molecule has 0 saturated heterocycles. The summed E-state index contributed by atoms with van der Waals surface area (Å²) in [7, 11) is 0. The van der Waals surface area contributed by atoms with Crippen LogP contribution >= 0.6 is 0 Å². The molecule has 0 saturated carbocycles. The lowest BCUT2D eigenvalue weighted by atomic mass is 10.2. The molecule has 132 valence electrons. The van der Waals surface area contributed by atoms with Gasteiger partial charge in [-0.25, -0.2) is 0 Å². The van der Waals surface area contributed by atoms with Gasteiger partial charge in [-0.05, 0) is 31.2 Å². The highest BCUT2D eigenvalue weighted by Gasteiger charge is 2.24. The molecular formula is C18H17N5O3. The fourth-order valence-electron chi connectivity index (χ4n) is 2.45. The van der Waals surface area contributed by atoms with Crippen LogP contribution in [0.5, 0.6) is 0 Å². The second-order valence-electron chi connectivity index (χ2n) is 5.64. The molecule has 0 spiro atoms. The Balaban J connectivity index is 1.89. The normalized spacial score (nSPS) is 10.5. The number of pyridine rings is 1. The van der Waals surface area contributed by atoms with E-state index in [1.165, 1.54) is 9.70 Å². The number of carboxylic acids is 1. The standard InChI is InChI=1S/C18H17N5O3/c1-13-17(21-23(20-13)15-8-3-2-4-9-15)18(26)22(12-16(24)25)11-14-7-5-6-10-19-14/h2-10H,11-12H2,1H3,(H,24,25). The molecule has 1 aromatic carbocycles. The van der Waals surface area contributed by atoms with Gasteiger partial charge in [0.1, 0.15) is 6.54 Å². The van der Waals surface area contributed by atoms with Crippen molar-refractivity contribution < 1.29 is 14.7 Å². The van der Waals surface area contributed by atoms with Crippen LogP contribution in [0.4, 0.5) is 0 Å². The molecular weight excluding hydrogens is 334 g/mol. The number of hydrogen-bond donors (Lipinski definition) is 1. The minimum absolute atomic E-state index is 0.0730. The Morgan fingerprint density at radius 2 is 1.81 bits per heavy atom. The minimum Gasteiger partial charge on any atom is -0.480 e. The SMILES string of the molecule is Cc1nn(-c2ccccc2)nc1C(=O)N(CC(=O)O)Cc1ccccn1. The number of carbonyl (C=O) groups is 2. The lowest BCUT2D eigenvalue weighted by Gasteiger charge is -2.19. The van der Waals surface area contributed by atoms with Crippen LogP contribution in [0.1, 0.15) is 21.9 Å². The zero-order valence-electron chi connectivity index (χ0n) is 14.1. The zero-order valence-corrected chi connectivity index (χ0v) is 14.1. The van der Waals surface area contributed by atoms with E-state index in [4.69, 9.17) is 5.11 Å². The summed E-state index contributed by atoms with van der Waals surface area (Å²) in [5.41, 5.74) is 1.85. The summed E-state index contributed by atoms with van der Waals surface area (Å²) in [6, 6.07) is 14.4. The molecule has 0 atom stereocenters. The predicted octanol–water partition coefficient (Wildman–Crippen LogP) is 1.70. The van der Waals surface area contributed by atoms with Crippen molar-refractivity contribution in [3.8, 4) is 5.69 Å². The molecule has 8 nitrogen and oxygen atoms in total. The van der Waals surface area contributed by atoms with Crippen molar-refractivity contribution in [2.24, 2.45) is 0 Å². The second-order valence-corrected chi connectivity index (χ2v) is 5.64. The van der Waals surface area contributed by atoms with E-state index in [-0.39, 0.29) is 12.2 Å². The number of benzene rings is 1. The fourth-order valence-corrected chi connectivity index (χ4v) is 2.45. The third kappa shape index (κ3) is 3.92. The number of para-hydroxylation sites is 1. The van der Waals surface area contributed by atoms with Crippen LogP contribution in [-0.4, -0.2) is 48.4 Å². The van der Waals surface area contributed by atoms with Gasteiger partial charge in [0.2, 0.25) is 0 Å². The van der Waals surface area contributed by atoms with Crippen molar-refractivity contribution in [3.05, 3.63) is 71.8 Å². The topological polar surface area (TPSA) is 101 Å². The first-order chi connectivity index (χ1) is 12.5. The maximum absolute atomic E-state index is 12.9. The van der Waals surface area contributed by atoms with E-state index in [1.807, 2.05) is 30.3 Å². The summed E-state index contributed by atoms with van der Waals surface area (Å²) in [4.78, 5) is 30.8. The summed E-state index contributed by atoms with van der Waals surface area (Å²) >= 11 is 0. The van der Waals surface area contributed by atoms with Gasteiger partial charge in [-0.15, -0.1) is 5.10 Å². The summed E-state index contributed by atoms with van der Waals surface area (Å²) < 4.78 is 0. The van der Waals surface area contributed by atoms with Crippen molar-refractivity contribution in [2.75, 3.05) is 6.54 Å². The van der Waals surface area contributed by atoms with E-state index in [0.29, 0.717) is 17.1 Å². The smallest absolute Gasteiger partial charge is 0.323 e. The van der Waals surface area contributed by atoms with Crippen molar-refractivity contribution in [2.45, 2.75) is 13.5 Å². The van der Waals surface area contributed by atoms with E-state index in [0.717, 1.165) is 0 Å². The van der Waals surface area contributed by atoms with Crippen LogP contribution < -0.4 is 0 Å². The molecule has 2 heterocycles. The molecule has 8 heteroatoms. The van der Waals surface area contributed by atoms with E-state index in [2.05, 4.69) is 15.2 Å². The lowest BCUT2D eigenvalue weighted by molar-refractivity contribution is -0.137. The Hall–Kier alpha value is -3.55. The lowest BCUT2D eigenvalue weighted by Crippen LogP contribution is -2.36. The summed E-state index contributed by atoms with van der Waals surface area (Å²) in [5.74, 6) is -1.61. The van der Waals surface area contributed by atoms with Crippen molar-refractivity contribution in [3.63, 3.8) is 0 Å². The van der Waals surface area contributed by atoms with Gasteiger partial charge < -0.3 is 10.0 Å². The van der Waals surface area contributed by atoms with Crippen molar-refractivity contribution >= 4 is 11.9 Å². The molecule has 0 unspecified atom stereocenters. The number of carbonyl (C=O) groups excluding carboxylic acids is 1. The quantitative estimate of drug-likeness (QED) is 0.725. The number of aromatic nitrogens is 4. The molecule has 0 aliphatic carbocycles. The average molecular weight is 351 g/mol. The first kappa shape index (κ1) is 17.3. The number of amides is 1. The van der Waals surface area contributed by atoms with Crippen LogP contribution in [0.25, 0.3) is 5.69 Å². The Labute approximate surface area is 149 Å². The molecule has 0 radical (unpaired) electrons. The Bertz CT molecular complexity index is 909. The molecule has 3 aromatic rings. The molecule has 1 N–H and O–H groups in total. The van der Waals surface area contributed by atoms with Gasteiger partial charge in [0, 0.05) is 6.20 Å². The fraction of sp³-hybridized carbons (Fsp3) is 0.167. The molecule has 0 aliphatic rings. The Morgan fingerprint density at radius 1 is 1.08 bits per heavy atom. The summed E-state index contributed by atoms with van der Waals surface area (Å²) in [5, 5.41) is 17.7. The third-order valence-electron chi connectivity index (χ3n) is 3.66. The van der Waals surface area contributed by atoms with E-state index in [1.54, 1.807) is 31.3 Å². The van der Waals surface area contributed by atoms with Crippen LogP contribution in [0.15, 0.2) is 54.7 Å². The van der Waals surface area contributed by atoms with Gasteiger partial charge in [0.05, 0.1) is 23.6 Å². The zero-order chi connectivity index (χ0) is 18.5. The highest BCUT2D eigenvalue weighted by Crippen LogP contribution is 2.12. The molecule has 1 amide bonds. The molecule has 0 fully saturated rings. The van der Waals surface area contributed by atoms with Gasteiger partial charge in [-0.3, -0.25) is 14.6 Å². The summed E-state index contributed by atoms with van der Waals surface area (Å²) in [6.07, 6.45) is 1.59. The van der Waals surface area contributed by atoms with Gasteiger partial charge in [0.15, 0.2) is 5.69 Å². The first-order valence-corrected chi connectivity index (χ1v) is 7.95. The van der Waals surface area contributed by atoms with Gasteiger partial charge in [-0.2, -0.15) is 9.90 Å². The van der Waals surface area contributed by atoms with Gasteiger partial charge in [0.25, 0.3) is 5.91 Å². The van der Waals surface area contributed by atoms with Crippen molar-refractivity contribution in [1.29, 1.82) is 0 Å². The number of rotatable bonds is 6. The number of carboxylic acid groups (broad SMARTS) is 1. The van der Waals surface area contributed by atoms with Crippen LogP contribution in [0.3, 0.4) is 0 Å².